The van der Waals surface area contributed by atoms with Crippen LogP contribution in [0.3, 0.4) is 0 Å². The van der Waals surface area contributed by atoms with Crippen molar-refractivity contribution in [3.8, 4) is 5.69 Å². The lowest BCUT2D eigenvalue weighted by atomic mass is 10.3. The van der Waals surface area contributed by atoms with Crippen molar-refractivity contribution in [2.24, 2.45) is 0 Å². The fourth-order valence-electron chi connectivity index (χ4n) is 2.11. The van der Waals surface area contributed by atoms with Gasteiger partial charge in [0.15, 0.2) is 0 Å². The van der Waals surface area contributed by atoms with Crippen LogP contribution in [0.1, 0.15) is 11.5 Å². The number of benzene rings is 1. The minimum absolute atomic E-state index is 0.179. The molecule has 0 unspecified atom stereocenters. The van der Waals surface area contributed by atoms with Gasteiger partial charge in [-0.15, -0.1) is 0 Å². The number of rotatable bonds is 3. The van der Waals surface area contributed by atoms with Gasteiger partial charge in [0.1, 0.15) is 11.0 Å². The van der Waals surface area contributed by atoms with Gasteiger partial charge in [0, 0.05) is 12.3 Å². The quantitative estimate of drug-likeness (QED) is 0.698. The van der Waals surface area contributed by atoms with E-state index in [1.165, 1.54) is 6.07 Å². The van der Waals surface area contributed by atoms with Gasteiger partial charge in [-0.3, -0.25) is 9.36 Å². The second-order valence-electron chi connectivity index (χ2n) is 4.64. The minimum Gasteiger partial charge on any atom is -0.291 e. The summed E-state index contributed by atoms with van der Waals surface area (Å²) in [7, 11) is 0. The smallest absolute Gasteiger partial charge is 0.255 e. The van der Waals surface area contributed by atoms with Crippen molar-refractivity contribution in [2.45, 2.75) is 13.5 Å². The first-order chi connectivity index (χ1) is 10.1. The summed E-state index contributed by atoms with van der Waals surface area (Å²) in [5.74, 6) is 0.571. The summed E-state index contributed by atoms with van der Waals surface area (Å²) in [5.41, 5.74) is 1.58. The molecule has 0 spiro atoms. The van der Waals surface area contributed by atoms with Crippen LogP contribution in [0.5, 0.6) is 0 Å². The fourth-order valence-corrected chi connectivity index (χ4v) is 2.33. The molecule has 0 N–H and O–H groups in total. The first kappa shape index (κ1) is 13.6. The Morgan fingerprint density at radius 2 is 1.95 bits per heavy atom. The van der Waals surface area contributed by atoms with Gasteiger partial charge >= 0.3 is 0 Å². The monoisotopic (exact) mass is 300 g/mol. The van der Waals surface area contributed by atoms with Crippen molar-refractivity contribution >= 4 is 11.6 Å². The molecular formula is C15H13ClN4O. The molecular weight excluding hydrogens is 288 g/mol. The molecule has 0 radical (unpaired) electrons. The first-order valence-electron chi connectivity index (χ1n) is 6.47. The van der Waals surface area contributed by atoms with Crippen LogP contribution in [0, 0.1) is 6.92 Å². The van der Waals surface area contributed by atoms with E-state index in [9.17, 15) is 4.79 Å². The number of para-hydroxylation sites is 1. The zero-order valence-corrected chi connectivity index (χ0v) is 12.2. The van der Waals surface area contributed by atoms with Crippen LogP contribution < -0.4 is 5.56 Å². The third-order valence-corrected chi connectivity index (χ3v) is 3.35. The molecule has 3 aromatic rings. The van der Waals surface area contributed by atoms with Crippen LogP contribution in [0.15, 0.2) is 53.5 Å². The van der Waals surface area contributed by atoms with Gasteiger partial charge in [0.2, 0.25) is 0 Å². The van der Waals surface area contributed by atoms with Crippen LogP contribution in [0.25, 0.3) is 5.69 Å². The van der Waals surface area contributed by atoms with Gasteiger partial charge < -0.3 is 0 Å². The van der Waals surface area contributed by atoms with Crippen molar-refractivity contribution in [2.75, 3.05) is 0 Å². The van der Waals surface area contributed by atoms with E-state index in [-0.39, 0.29) is 10.7 Å². The Labute approximate surface area is 126 Å². The van der Waals surface area contributed by atoms with E-state index in [1.807, 2.05) is 42.6 Å². The number of nitrogens with zero attached hydrogens (tertiary/aromatic N) is 4. The second kappa shape index (κ2) is 5.54. The molecule has 3 rings (SSSR count). The lowest BCUT2D eigenvalue weighted by Crippen LogP contribution is -2.23. The number of halogens is 1. The van der Waals surface area contributed by atoms with Crippen molar-refractivity contribution in [1.82, 2.24) is 19.3 Å². The van der Waals surface area contributed by atoms with E-state index in [0.717, 1.165) is 11.4 Å². The molecule has 6 heteroatoms. The number of hydrogen-bond acceptors (Lipinski definition) is 3. The summed E-state index contributed by atoms with van der Waals surface area (Å²) in [6.45, 7) is 2.12. The third kappa shape index (κ3) is 2.87. The predicted octanol–water partition coefficient (Wildman–Crippen LogP) is 2.44. The summed E-state index contributed by atoms with van der Waals surface area (Å²) in [6.07, 6.45) is 1.87. The summed E-state index contributed by atoms with van der Waals surface area (Å²) in [5, 5.41) is 4.69. The van der Waals surface area contributed by atoms with E-state index < -0.39 is 0 Å². The largest absolute Gasteiger partial charge is 0.291 e. The average Bonchev–Trinajstić information content (AvgIpc) is 2.92. The standard InChI is InChI=1S/C15H13ClN4O/c1-11-17-14(16)9-15(21)19(11)10-12-7-8-20(18-12)13-5-3-2-4-6-13/h2-9H,10H2,1H3. The van der Waals surface area contributed by atoms with Gasteiger partial charge in [-0.2, -0.15) is 5.10 Å². The molecule has 0 bridgehead atoms. The number of aromatic nitrogens is 4. The Morgan fingerprint density at radius 3 is 2.67 bits per heavy atom. The Morgan fingerprint density at radius 1 is 1.19 bits per heavy atom. The second-order valence-corrected chi connectivity index (χ2v) is 5.02. The van der Waals surface area contributed by atoms with E-state index >= 15 is 0 Å². The van der Waals surface area contributed by atoms with Crippen molar-refractivity contribution in [3.63, 3.8) is 0 Å². The van der Waals surface area contributed by atoms with Crippen LogP contribution in [-0.4, -0.2) is 19.3 Å². The van der Waals surface area contributed by atoms with E-state index in [2.05, 4.69) is 10.1 Å². The molecule has 0 aliphatic rings. The lowest BCUT2D eigenvalue weighted by Gasteiger charge is -2.07. The van der Waals surface area contributed by atoms with Crippen LogP contribution in [0.4, 0.5) is 0 Å². The molecule has 0 amide bonds. The van der Waals surface area contributed by atoms with Crippen molar-refractivity contribution < 1.29 is 0 Å². The molecule has 0 atom stereocenters. The normalized spacial score (nSPS) is 10.8. The molecule has 1 aromatic carbocycles. The maximum absolute atomic E-state index is 11.9. The van der Waals surface area contributed by atoms with E-state index in [1.54, 1.807) is 16.2 Å². The molecule has 0 aliphatic carbocycles. The average molecular weight is 301 g/mol. The van der Waals surface area contributed by atoms with Crippen LogP contribution in [0.2, 0.25) is 5.15 Å². The Balaban J connectivity index is 1.91. The van der Waals surface area contributed by atoms with Gasteiger partial charge in [0.05, 0.1) is 17.9 Å². The highest BCUT2D eigenvalue weighted by molar-refractivity contribution is 6.29. The van der Waals surface area contributed by atoms with Gasteiger partial charge in [-0.1, -0.05) is 29.8 Å². The number of hydrogen-bond donors (Lipinski definition) is 0. The van der Waals surface area contributed by atoms with Crippen LogP contribution >= 0.6 is 11.6 Å². The van der Waals surface area contributed by atoms with Crippen molar-refractivity contribution in [1.29, 1.82) is 0 Å². The Hall–Kier alpha value is -2.40. The third-order valence-electron chi connectivity index (χ3n) is 3.15. The molecule has 106 valence electrons. The zero-order valence-electron chi connectivity index (χ0n) is 11.4. The van der Waals surface area contributed by atoms with Crippen molar-refractivity contribution in [3.05, 3.63) is 75.7 Å². The maximum Gasteiger partial charge on any atom is 0.255 e. The molecule has 0 saturated carbocycles. The highest BCUT2D eigenvalue weighted by atomic mass is 35.5. The summed E-state index contributed by atoms with van der Waals surface area (Å²) in [4.78, 5) is 16.0. The Bertz CT molecular complexity index is 823. The highest BCUT2D eigenvalue weighted by Crippen LogP contribution is 2.08. The predicted molar refractivity (Wildman–Crippen MR) is 80.9 cm³/mol. The minimum atomic E-state index is -0.179. The molecule has 5 nitrogen and oxygen atoms in total. The summed E-state index contributed by atoms with van der Waals surface area (Å²) in [6, 6.07) is 13.0. The summed E-state index contributed by atoms with van der Waals surface area (Å²) < 4.78 is 3.32. The van der Waals surface area contributed by atoms with Gasteiger partial charge in [0.25, 0.3) is 5.56 Å². The van der Waals surface area contributed by atoms with Gasteiger partial charge in [-0.25, -0.2) is 9.67 Å². The molecule has 21 heavy (non-hydrogen) atoms. The maximum atomic E-state index is 11.9. The topological polar surface area (TPSA) is 52.7 Å². The summed E-state index contributed by atoms with van der Waals surface area (Å²) >= 11 is 5.77. The molecule has 2 heterocycles. The SMILES string of the molecule is Cc1nc(Cl)cc(=O)n1Cc1ccn(-c2ccccc2)n1. The first-order valence-corrected chi connectivity index (χ1v) is 6.85. The molecule has 0 saturated heterocycles. The highest BCUT2D eigenvalue weighted by Gasteiger charge is 2.07. The fraction of sp³-hybridized carbons (Fsp3) is 0.133. The zero-order chi connectivity index (χ0) is 14.8. The van der Waals surface area contributed by atoms with Gasteiger partial charge in [-0.05, 0) is 25.1 Å². The van der Waals surface area contributed by atoms with Crippen LogP contribution in [-0.2, 0) is 6.54 Å². The van der Waals surface area contributed by atoms with E-state index in [0.29, 0.717) is 12.4 Å². The molecule has 0 aliphatic heterocycles. The number of aryl methyl sites for hydroxylation is 1. The Kier molecular flexibility index (Phi) is 3.58. The molecule has 0 fully saturated rings. The lowest BCUT2D eigenvalue weighted by molar-refractivity contribution is 0.675. The molecule has 2 aromatic heterocycles. The van der Waals surface area contributed by atoms with E-state index in [4.69, 9.17) is 11.6 Å².